The van der Waals surface area contributed by atoms with Crippen molar-refractivity contribution in [3.8, 4) is 5.75 Å². The predicted molar refractivity (Wildman–Crippen MR) is 57.8 cm³/mol. The third-order valence-electron chi connectivity index (χ3n) is 2.57. The maximum atomic E-state index is 11.1. The molecule has 1 aromatic rings. The topological polar surface area (TPSA) is 46.5 Å². The Hall–Kier alpha value is -1.35. The SMILES string of the molecule is COc1ccc([C@@H](O)[C@H](C)C(C)=O)cc1. The molecule has 1 rings (SSSR count). The Morgan fingerprint density at radius 3 is 2.27 bits per heavy atom. The minimum absolute atomic E-state index is 0.0154. The Balaban J connectivity index is 2.82. The second kappa shape index (κ2) is 4.94. The van der Waals surface area contributed by atoms with Gasteiger partial charge in [0.2, 0.25) is 0 Å². The van der Waals surface area contributed by atoms with Crippen LogP contribution in [0.1, 0.15) is 25.5 Å². The van der Waals surface area contributed by atoms with Crippen LogP contribution in [0.3, 0.4) is 0 Å². The molecule has 1 N–H and O–H groups in total. The number of ketones is 1. The Labute approximate surface area is 89.7 Å². The van der Waals surface area contributed by atoms with Crippen molar-refractivity contribution in [2.45, 2.75) is 20.0 Å². The van der Waals surface area contributed by atoms with Gasteiger partial charge in [-0.05, 0) is 24.6 Å². The minimum atomic E-state index is -0.742. The van der Waals surface area contributed by atoms with Gasteiger partial charge < -0.3 is 9.84 Å². The minimum Gasteiger partial charge on any atom is -0.497 e. The van der Waals surface area contributed by atoms with Crippen molar-refractivity contribution in [3.63, 3.8) is 0 Å². The van der Waals surface area contributed by atoms with Crippen LogP contribution in [0.5, 0.6) is 5.75 Å². The van der Waals surface area contributed by atoms with Crippen LogP contribution < -0.4 is 4.74 Å². The van der Waals surface area contributed by atoms with Crippen molar-refractivity contribution in [2.24, 2.45) is 5.92 Å². The first-order chi connectivity index (χ1) is 7.06. The zero-order chi connectivity index (χ0) is 11.4. The van der Waals surface area contributed by atoms with E-state index in [-0.39, 0.29) is 11.7 Å². The number of aliphatic hydroxyl groups is 1. The summed E-state index contributed by atoms with van der Waals surface area (Å²) in [5, 5.41) is 9.86. The van der Waals surface area contributed by atoms with Gasteiger partial charge in [0.1, 0.15) is 11.5 Å². The van der Waals surface area contributed by atoms with Crippen LogP contribution >= 0.6 is 0 Å². The summed E-state index contributed by atoms with van der Waals surface area (Å²) in [6.45, 7) is 3.20. The molecule has 0 aliphatic rings. The van der Waals surface area contributed by atoms with E-state index in [4.69, 9.17) is 4.74 Å². The van der Waals surface area contributed by atoms with Gasteiger partial charge >= 0.3 is 0 Å². The third-order valence-corrected chi connectivity index (χ3v) is 2.57. The molecule has 0 unspecified atom stereocenters. The first-order valence-electron chi connectivity index (χ1n) is 4.88. The van der Waals surface area contributed by atoms with E-state index in [1.165, 1.54) is 6.92 Å². The Morgan fingerprint density at radius 1 is 1.33 bits per heavy atom. The van der Waals surface area contributed by atoms with E-state index in [1.807, 2.05) is 0 Å². The summed E-state index contributed by atoms with van der Waals surface area (Å²) in [6, 6.07) is 7.07. The lowest BCUT2D eigenvalue weighted by molar-refractivity contribution is -0.123. The fourth-order valence-corrected chi connectivity index (χ4v) is 1.31. The van der Waals surface area contributed by atoms with Gasteiger partial charge in [-0.25, -0.2) is 0 Å². The molecule has 82 valence electrons. The molecule has 3 nitrogen and oxygen atoms in total. The van der Waals surface area contributed by atoms with Crippen LogP contribution in [-0.4, -0.2) is 18.0 Å². The third kappa shape index (κ3) is 2.80. The van der Waals surface area contributed by atoms with E-state index in [0.29, 0.717) is 0 Å². The summed E-state index contributed by atoms with van der Waals surface area (Å²) in [5.74, 6) is 0.346. The fourth-order valence-electron chi connectivity index (χ4n) is 1.31. The number of Topliss-reactive ketones (excluding diaryl/α,β-unsaturated/α-hetero) is 1. The molecule has 0 bridgehead atoms. The van der Waals surface area contributed by atoms with Crippen molar-refractivity contribution >= 4 is 5.78 Å². The van der Waals surface area contributed by atoms with Crippen molar-refractivity contribution in [1.29, 1.82) is 0 Å². The molecule has 15 heavy (non-hydrogen) atoms. The molecule has 2 atom stereocenters. The molecule has 3 heteroatoms. The molecule has 0 heterocycles. The normalized spacial score (nSPS) is 14.4. The molecule has 1 aromatic carbocycles. The van der Waals surface area contributed by atoms with Gasteiger partial charge in [0, 0.05) is 5.92 Å². The van der Waals surface area contributed by atoms with Crippen molar-refractivity contribution in [3.05, 3.63) is 29.8 Å². The smallest absolute Gasteiger partial charge is 0.135 e. The zero-order valence-corrected chi connectivity index (χ0v) is 9.23. The number of hydrogen-bond acceptors (Lipinski definition) is 3. The predicted octanol–water partition coefficient (Wildman–Crippen LogP) is 1.95. The maximum absolute atomic E-state index is 11.1. The molecule has 0 fully saturated rings. The Kier molecular flexibility index (Phi) is 3.86. The van der Waals surface area contributed by atoms with Crippen LogP contribution in [0.15, 0.2) is 24.3 Å². The zero-order valence-electron chi connectivity index (χ0n) is 9.23. The second-order valence-electron chi connectivity index (χ2n) is 3.62. The molecular weight excluding hydrogens is 192 g/mol. The molecular formula is C12H16O3. The van der Waals surface area contributed by atoms with E-state index in [0.717, 1.165) is 11.3 Å². The summed E-state index contributed by atoms with van der Waals surface area (Å²) in [7, 11) is 1.59. The molecule has 0 saturated heterocycles. The lowest BCUT2D eigenvalue weighted by Gasteiger charge is -2.16. The number of rotatable bonds is 4. The van der Waals surface area contributed by atoms with Crippen molar-refractivity contribution in [2.75, 3.05) is 7.11 Å². The molecule has 0 aromatic heterocycles. The number of methoxy groups -OCH3 is 1. The number of carbonyl (C=O) groups excluding carboxylic acids is 1. The van der Waals surface area contributed by atoms with Crippen LogP contribution in [0, 0.1) is 5.92 Å². The number of aliphatic hydroxyl groups excluding tert-OH is 1. The van der Waals surface area contributed by atoms with Gasteiger partial charge in [-0.15, -0.1) is 0 Å². The molecule has 0 aliphatic heterocycles. The summed E-state index contributed by atoms with van der Waals surface area (Å²) in [5.41, 5.74) is 0.735. The fraction of sp³-hybridized carbons (Fsp3) is 0.417. The van der Waals surface area contributed by atoms with Crippen LogP contribution in [0.25, 0.3) is 0 Å². The second-order valence-corrected chi connectivity index (χ2v) is 3.62. The highest BCUT2D eigenvalue weighted by molar-refractivity contribution is 5.78. The largest absolute Gasteiger partial charge is 0.497 e. The highest BCUT2D eigenvalue weighted by Crippen LogP contribution is 2.24. The van der Waals surface area contributed by atoms with Gasteiger partial charge in [-0.3, -0.25) is 4.79 Å². The van der Waals surface area contributed by atoms with Gasteiger partial charge in [-0.1, -0.05) is 19.1 Å². The Bertz CT molecular complexity index is 329. The number of benzene rings is 1. The lowest BCUT2D eigenvalue weighted by Crippen LogP contribution is -2.16. The molecule has 0 spiro atoms. The average molecular weight is 208 g/mol. The van der Waals surface area contributed by atoms with E-state index < -0.39 is 6.10 Å². The first kappa shape index (κ1) is 11.7. The monoisotopic (exact) mass is 208 g/mol. The molecule has 0 amide bonds. The first-order valence-corrected chi connectivity index (χ1v) is 4.88. The van der Waals surface area contributed by atoms with E-state index in [1.54, 1.807) is 38.3 Å². The summed E-state index contributed by atoms with van der Waals surface area (Å²) in [4.78, 5) is 11.1. The summed E-state index contributed by atoms with van der Waals surface area (Å²) in [6.07, 6.45) is -0.742. The van der Waals surface area contributed by atoms with Crippen LogP contribution in [0.2, 0.25) is 0 Å². The van der Waals surface area contributed by atoms with Gasteiger partial charge in [-0.2, -0.15) is 0 Å². The molecule has 0 aliphatic carbocycles. The summed E-state index contributed by atoms with van der Waals surface area (Å²) >= 11 is 0. The average Bonchev–Trinajstić information content (AvgIpc) is 2.27. The highest BCUT2D eigenvalue weighted by atomic mass is 16.5. The number of ether oxygens (including phenoxy) is 1. The van der Waals surface area contributed by atoms with Gasteiger partial charge in [0.05, 0.1) is 13.2 Å². The van der Waals surface area contributed by atoms with Crippen molar-refractivity contribution < 1.29 is 14.6 Å². The van der Waals surface area contributed by atoms with E-state index >= 15 is 0 Å². The summed E-state index contributed by atoms with van der Waals surface area (Å²) < 4.78 is 5.01. The highest BCUT2D eigenvalue weighted by Gasteiger charge is 2.19. The number of carbonyl (C=O) groups is 1. The lowest BCUT2D eigenvalue weighted by atomic mass is 9.94. The standard InChI is InChI=1S/C12H16O3/c1-8(9(2)13)12(14)10-4-6-11(15-3)7-5-10/h4-8,12,14H,1-3H3/t8-,12+/m1/s1. The molecule has 0 saturated carbocycles. The van der Waals surface area contributed by atoms with E-state index in [2.05, 4.69) is 0 Å². The van der Waals surface area contributed by atoms with Gasteiger partial charge in [0.25, 0.3) is 0 Å². The number of hydrogen-bond donors (Lipinski definition) is 1. The Morgan fingerprint density at radius 2 is 1.87 bits per heavy atom. The van der Waals surface area contributed by atoms with Gasteiger partial charge in [0.15, 0.2) is 0 Å². The maximum Gasteiger partial charge on any atom is 0.135 e. The van der Waals surface area contributed by atoms with Crippen LogP contribution in [-0.2, 0) is 4.79 Å². The molecule has 0 radical (unpaired) electrons. The quantitative estimate of drug-likeness (QED) is 0.822. The van der Waals surface area contributed by atoms with Crippen LogP contribution in [0.4, 0.5) is 0 Å². The van der Waals surface area contributed by atoms with E-state index in [9.17, 15) is 9.90 Å². The van der Waals surface area contributed by atoms with Crippen molar-refractivity contribution in [1.82, 2.24) is 0 Å².